The molecule has 1 aromatic carbocycles. The number of benzene rings is 1. The van der Waals surface area contributed by atoms with Crippen LogP contribution in [0.2, 0.25) is 0 Å². The van der Waals surface area contributed by atoms with Crippen LogP contribution in [0.3, 0.4) is 0 Å². The zero-order chi connectivity index (χ0) is 22.7. The molecular weight excluding hydrogens is 402 g/mol. The van der Waals surface area contributed by atoms with Crippen LogP contribution in [-0.2, 0) is 16.1 Å². The molecule has 0 N–H and O–H groups in total. The Kier molecular flexibility index (Phi) is 6.60. The van der Waals surface area contributed by atoms with Crippen molar-refractivity contribution < 1.29 is 14.3 Å². The van der Waals surface area contributed by atoms with E-state index in [1.165, 1.54) is 0 Å². The third kappa shape index (κ3) is 4.42. The second-order valence-corrected chi connectivity index (χ2v) is 9.18. The molecule has 1 aromatic heterocycles. The number of carbonyl (C=O) groups excluding carboxylic acids is 2. The maximum atomic E-state index is 13.4. The van der Waals surface area contributed by atoms with Gasteiger partial charge in [-0.2, -0.15) is 0 Å². The van der Waals surface area contributed by atoms with Gasteiger partial charge in [0.15, 0.2) is 0 Å². The third-order valence-electron chi connectivity index (χ3n) is 6.93. The van der Waals surface area contributed by atoms with E-state index >= 15 is 0 Å². The summed E-state index contributed by atoms with van der Waals surface area (Å²) in [5, 5.41) is 0. The lowest BCUT2D eigenvalue weighted by molar-refractivity contribution is -0.157. The van der Waals surface area contributed by atoms with E-state index in [0.29, 0.717) is 32.8 Å². The molecule has 0 radical (unpaired) electrons. The quantitative estimate of drug-likeness (QED) is 0.672. The number of carbonyl (C=O) groups is 2. The molecule has 2 aliphatic rings. The highest BCUT2D eigenvalue weighted by Crippen LogP contribution is 2.44. The molecule has 2 aliphatic heterocycles. The maximum absolute atomic E-state index is 13.4. The van der Waals surface area contributed by atoms with Gasteiger partial charge in [0.1, 0.15) is 0 Å². The molecular formula is C26H33N3O3. The zero-order valence-electron chi connectivity index (χ0n) is 19.3. The minimum Gasteiger partial charge on any atom is -0.466 e. The van der Waals surface area contributed by atoms with Gasteiger partial charge in [0, 0.05) is 49.9 Å². The van der Waals surface area contributed by atoms with Gasteiger partial charge in [0.25, 0.3) is 5.91 Å². The second kappa shape index (κ2) is 9.41. The molecule has 170 valence electrons. The van der Waals surface area contributed by atoms with E-state index < -0.39 is 5.41 Å². The van der Waals surface area contributed by atoms with Gasteiger partial charge < -0.3 is 9.64 Å². The Labute approximate surface area is 190 Å². The fraction of sp³-hybridized carbons (Fsp3) is 0.500. The molecule has 0 aliphatic carbocycles. The Morgan fingerprint density at radius 1 is 1.12 bits per heavy atom. The van der Waals surface area contributed by atoms with E-state index in [-0.39, 0.29) is 17.8 Å². The molecule has 0 saturated carbocycles. The monoisotopic (exact) mass is 435 g/mol. The molecule has 2 aromatic rings. The van der Waals surface area contributed by atoms with Crippen molar-refractivity contribution in [3.05, 3.63) is 65.0 Å². The minimum atomic E-state index is -0.569. The number of nitrogens with zero attached hydrogens (tertiary/aromatic N) is 3. The number of hydrogen-bond donors (Lipinski definition) is 0. The maximum Gasteiger partial charge on any atom is 0.313 e. The van der Waals surface area contributed by atoms with Crippen molar-refractivity contribution in [1.82, 2.24) is 14.8 Å². The van der Waals surface area contributed by atoms with E-state index in [9.17, 15) is 9.59 Å². The predicted molar refractivity (Wildman–Crippen MR) is 123 cm³/mol. The van der Waals surface area contributed by atoms with Crippen molar-refractivity contribution in [3.8, 4) is 0 Å². The summed E-state index contributed by atoms with van der Waals surface area (Å²) in [5.74, 6) is -0.0155. The van der Waals surface area contributed by atoms with E-state index in [2.05, 4.69) is 9.88 Å². The lowest BCUT2D eigenvalue weighted by Gasteiger charge is -2.31. The van der Waals surface area contributed by atoms with Crippen molar-refractivity contribution in [2.45, 2.75) is 40.2 Å². The third-order valence-corrected chi connectivity index (χ3v) is 6.93. The van der Waals surface area contributed by atoms with Crippen LogP contribution < -0.4 is 0 Å². The molecule has 32 heavy (non-hydrogen) atoms. The summed E-state index contributed by atoms with van der Waals surface area (Å²) in [4.78, 5) is 35.5. The van der Waals surface area contributed by atoms with Crippen LogP contribution in [0.25, 0.3) is 0 Å². The van der Waals surface area contributed by atoms with Crippen LogP contribution in [0.5, 0.6) is 0 Å². The first-order valence-corrected chi connectivity index (χ1v) is 11.6. The number of pyridine rings is 1. The summed E-state index contributed by atoms with van der Waals surface area (Å²) in [7, 11) is 0. The number of esters is 1. The van der Waals surface area contributed by atoms with Crippen molar-refractivity contribution in [3.63, 3.8) is 0 Å². The Morgan fingerprint density at radius 2 is 1.94 bits per heavy atom. The molecule has 2 fully saturated rings. The van der Waals surface area contributed by atoms with Crippen molar-refractivity contribution in [2.75, 3.05) is 32.8 Å². The Balaban J connectivity index is 1.58. The van der Waals surface area contributed by atoms with Crippen molar-refractivity contribution in [2.24, 2.45) is 11.3 Å². The zero-order valence-corrected chi connectivity index (χ0v) is 19.3. The molecule has 0 spiro atoms. The Bertz CT molecular complexity index is 992. The SMILES string of the molecule is CCOC(=O)[C@]12CCCN(C(=O)c3ccccc3C)C[C@H]1CN(Cc1cccc(C)n1)C2. The number of ether oxygens (including phenoxy) is 1. The predicted octanol–water partition coefficient (Wildman–Crippen LogP) is 3.62. The highest BCUT2D eigenvalue weighted by Gasteiger charge is 2.54. The topological polar surface area (TPSA) is 62.7 Å². The van der Waals surface area contributed by atoms with Crippen LogP contribution in [0.1, 0.15) is 47.1 Å². The average Bonchev–Trinajstić information content (AvgIpc) is 3.00. The lowest BCUT2D eigenvalue weighted by Crippen LogP contribution is -2.43. The summed E-state index contributed by atoms with van der Waals surface area (Å²) in [6, 6.07) is 13.8. The molecule has 6 heteroatoms. The van der Waals surface area contributed by atoms with Crippen LogP contribution in [0, 0.1) is 25.2 Å². The highest BCUT2D eigenvalue weighted by molar-refractivity contribution is 5.95. The molecule has 6 nitrogen and oxygen atoms in total. The van der Waals surface area contributed by atoms with Gasteiger partial charge in [-0.05, 0) is 57.4 Å². The average molecular weight is 436 g/mol. The van der Waals surface area contributed by atoms with Crippen LogP contribution in [0.4, 0.5) is 0 Å². The molecule has 0 bridgehead atoms. The number of fused-ring (bicyclic) bond motifs is 1. The van der Waals surface area contributed by atoms with Crippen LogP contribution in [0.15, 0.2) is 42.5 Å². The Morgan fingerprint density at radius 3 is 2.69 bits per heavy atom. The van der Waals surface area contributed by atoms with E-state index in [1.54, 1.807) is 0 Å². The first-order chi connectivity index (χ1) is 15.4. The first kappa shape index (κ1) is 22.5. The van der Waals surface area contributed by atoms with Gasteiger partial charge in [0.05, 0.1) is 17.7 Å². The van der Waals surface area contributed by atoms with Crippen LogP contribution >= 0.6 is 0 Å². The van der Waals surface area contributed by atoms with Gasteiger partial charge in [-0.1, -0.05) is 24.3 Å². The number of rotatable bonds is 5. The summed E-state index contributed by atoms with van der Waals surface area (Å²) < 4.78 is 5.57. The highest BCUT2D eigenvalue weighted by atomic mass is 16.5. The van der Waals surface area contributed by atoms with Gasteiger partial charge in [-0.15, -0.1) is 0 Å². The van der Waals surface area contributed by atoms with Gasteiger partial charge in [-0.25, -0.2) is 0 Å². The van der Waals surface area contributed by atoms with Crippen LogP contribution in [-0.4, -0.2) is 59.4 Å². The smallest absolute Gasteiger partial charge is 0.313 e. The van der Waals surface area contributed by atoms with E-state index in [4.69, 9.17) is 4.74 Å². The number of aromatic nitrogens is 1. The van der Waals surface area contributed by atoms with E-state index in [0.717, 1.165) is 41.9 Å². The summed E-state index contributed by atoms with van der Waals surface area (Å²) >= 11 is 0. The Hall–Kier alpha value is -2.73. The molecule has 1 amide bonds. The summed E-state index contributed by atoms with van der Waals surface area (Å²) in [6.45, 7) is 9.55. The number of amides is 1. The fourth-order valence-electron chi connectivity index (χ4n) is 5.35. The molecule has 2 saturated heterocycles. The van der Waals surface area contributed by atoms with Gasteiger partial charge in [-0.3, -0.25) is 19.5 Å². The van der Waals surface area contributed by atoms with Crippen molar-refractivity contribution >= 4 is 11.9 Å². The summed E-state index contributed by atoms with van der Waals surface area (Å²) in [5.41, 5.74) is 3.16. The molecule has 0 unspecified atom stereocenters. The van der Waals surface area contributed by atoms with E-state index in [1.807, 2.05) is 68.1 Å². The molecule has 3 heterocycles. The molecule has 2 atom stereocenters. The fourth-order valence-corrected chi connectivity index (χ4v) is 5.35. The largest absolute Gasteiger partial charge is 0.466 e. The number of hydrogen-bond acceptors (Lipinski definition) is 5. The number of likely N-dealkylation sites (tertiary alicyclic amines) is 2. The van der Waals surface area contributed by atoms with Crippen molar-refractivity contribution in [1.29, 1.82) is 0 Å². The summed E-state index contributed by atoms with van der Waals surface area (Å²) in [6.07, 6.45) is 1.54. The second-order valence-electron chi connectivity index (χ2n) is 9.18. The first-order valence-electron chi connectivity index (χ1n) is 11.6. The van der Waals surface area contributed by atoms with Gasteiger partial charge in [0.2, 0.25) is 0 Å². The minimum absolute atomic E-state index is 0.0434. The molecule has 4 rings (SSSR count). The standard InChI is InChI=1S/C26H33N3O3/c1-4-32-25(31)26-13-8-14-29(24(30)23-12-6-5-9-19(23)2)16-21(26)15-28(18-26)17-22-11-7-10-20(3)27-22/h5-7,9-12,21H,4,8,13-18H2,1-3H3/t21-,26+/m1/s1. The number of aryl methyl sites for hydroxylation is 2. The normalized spacial score (nSPS) is 23.5. The lowest BCUT2D eigenvalue weighted by atomic mass is 9.75. The van der Waals surface area contributed by atoms with Gasteiger partial charge >= 0.3 is 5.97 Å².